The van der Waals surface area contributed by atoms with Crippen LogP contribution in [0.15, 0.2) is 58.7 Å². The number of aromatic hydroxyl groups is 2. The van der Waals surface area contributed by atoms with Crippen LogP contribution in [0.25, 0.3) is 0 Å². The Hall–Kier alpha value is -4.08. The van der Waals surface area contributed by atoms with Gasteiger partial charge in [0.1, 0.15) is 11.5 Å². The van der Waals surface area contributed by atoms with Crippen LogP contribution in [-0.4, -0.2) is 37.5 Å². The molecule has 0 atom stereocenters. The summed E-state index contributed by atoms with van der Waals surface area (Å²) >= 11 is 0. The summed E-state index contributed by atoms with van der Waals surface area (Å²) in [5.74, 6) is 6.38. The van der Waals surface area contributed by atoms with Crippen LogP contribution in [0.5, 0.6) is 11.5 Å². The molecular weight excluding hydrogens is 336 g/mol. The molecule has 1 heterocycles. The quantitative estimate of drug-likeness (QED) is 0.255. The molecule has 0 radical (unpaired) electrons. The number of hydrazone groups is 2. The fraction of sp³-hybridized carbons (Fsp3) is 0. The molecule has 2 aromatic carbocycles. The molecule has 10 heteroatoms. The van der Waals surface area contributed by atoms with Gasteiger partial charge in [-0.25, -0.2) is 10.9 Å². The fourth-order valence-corrected chi connectivity index (χ4v) is 1.96. The molecule has 10 nitrogen and oxygen atoms in total. The number of nitrogens with one attached hydrogen (secondary N) is 2. The first-order valence-corrected chi connectivity index (χ1v) is 7.50. The van der Waals surface area contributed by atoms with Crippen LogP contribution in [0.4, 0.5) is 11.9 Å². The Morgan fingerprint density at radius 2 is 1.23 bits per heavy atom. The first kappa shape index (κ1) is 16.8. The summed E-state index contributed by atoms with van der Waals surface area (Å²) in [6, 6.07) is 13.5. The Morgan fingerprint density at radius 1 is 0.808 bits per heavy atom. The lowest BCUT2D eigenvalue weighted by Crippen LogP contribution is -2.14. The molecule has 0 unspecified atom stereocenters. The number of rotatable bonds is 6. The summed E-state index contributed by atoms with van der Waals surface area (Å²) in [5.41, 5.74) is 6.31. The van der Waals surface area contributed by atoms with E-state index >= 15 is 0 Å². The number of nitrogens with zero attached hydrogens (tertiary/aromatic N) is 5. The van der Waals surface area contributed by atoms with Gasteiger partial charge >= 0.3 is 0 Å². The van der Waals surface area contributed by atoms with E-state index in [0.29, 0.717) is 11.1 Å². The van der Waals surface area contributed by atoms with E-state index in [0.717, 1.165) is 4.68 Å². The molecule has 0 aliphatic rings. The number of hydrogen-bond donors (Lipinski definition) is 5. The van der Waals surface area contributed by atoms with Crippen molar-refractivity contribution >= 4 is 24.3 Å². The largest absolute Gasteiger partial charge is 0.507 e. The molecule has 0 aliphatic heterocycles. The molecule has 0 fully saturated rings. The molecule has 26 heavy (non-hydrogen) atoms. The first-order valence-electron chi connectivity index (χ1n) is 7.50. The van der Waals surface area contributed by atoms with Crippen LogP contribution >= 0.6 is 0 Å². The van der Waals surface area contributed by atoms with Crippen molar-refractivity contribution in [3.05, 3.63) is 59.7 Å². The van der Waals surface area contributed by atoms with Gasteiger partial charge in [-0.15, -0.1) is 10.2 Å². The van der Waals surface area contributed by atoms with Crippen LogP contribution < -0.4 is 16.7 Å². The number of nitrogen functional groups attached to an aromatic ring is 1. The molecule has 0 saturated carbocycles. The van der Waals surface area contributed by atoms with Crippen molar-refractivity contribution in [1.29, 1.82) is 0 Å². The topological polar surface area (TPSA) is 146 Å². The van der Waals surface area contributed by atoms with E-state index in [1.165, 1.54) is 12.4 Å². The van der Waals surface area contributed by atoms with E-state index in [4.69, 9.17) is 5.84 Å². The standard InChI is InChI=1S/C16H16N8O2/c17-24-15(20-18-9-11-5-1-3-7-13(11)25)22-23-16(24)21-19-10-12-6-2-4-8-14(12)26/h1-10,25-26H,17H2,(H,20,22)(H,21,23)/b18-9+,19-10+. The van der Waals surface area contributed by atoms with Crippen molar-refractivity contribution in [1.82, 2.24) is 14.9 Å². The number of aromatic nitrogens is 3. The van der Waals surface area contributed by atoms with E-state index in [9.17, 15) is 10.2 Å². The zero-order valence-electron chi connectivity index (χ0n) is 13.5. The summed E-state index contributed by atoms with van der Waals surface area (Å²) < 4.78 is 1.12. The smallest absolute Gasteiger partial charge is 0.265 e. The van der Waals surface area contributed by atoms with Crippen LogP contribution in [0, 0.1) is 0 Å². The number of phenolic OH excluding ortho intramolecular Hbond substituents is 2. The van der Waals surface area contributed by atoms with E-state index in [-0.39, 0.29) is 23.4 Å². The molecule has 0 bridgehead atoms. The highest BCUT2D eigenvalue weighted by Gasteiger charge is 2.07. The van der Waals surface area contributed by atoms with Gasteiger partial charge in [-0.1, -0.05) is 24.3 Å². The minimum absolute atomic E-state index is 0.105. The number of anilines is 2. The van der Waals surface area contributed by atoms with E-state index < -0.39 is 0 Å². The van der Waals surface area contributed by atoms with E-state index in [2.05, 4.69) is 31.3 Å². The molecule has 0 amide bonds. The van der Waals surface area contributed by atoms with Gasteiger partial charge in [0.15, 0.2) is 0 Å². The monoisotopic (exact) mass is 352 g/mol. The highest BCUT2D eigenvalue weighted by molar-refractivity contribution is 5.84. The molecule has 132 valence electrons. The number of hydrogen-bond acceptors (Lipinski definition) is 9. The third-order valence-electron chi connectivity index (χ3n) is 3.31. The summed E-state index contributed by atoms with van der Waals surface area (Å²) in [6.45, 7) is 0. The van der Waals surface area contributed by atoms with Gasteiger partial charge in [-0.05, 0) is 24.3 Å². The maximum Gasteiger partial charge on any atom is 0.265 e. The predicted octanol–water partition coefficient (Wildman–Crippen LogP) is 1.30. The second kappa shape index (κ2) is 7.66. The predicted molar refractivity (Wildman–Crippen MR) is 98.8 cm³/mol. The number of phenols is 2. The Morgan fingerprint density at radius 3 is 1.65 bits per heavy atom. The SMILES string of the molecule is Nn1c(N/N=C/c2ccccc2O)nnc1N/N=C/c1ccccc1O. The van der Waals surface area contributed by atoms with E-state index in [1.807, 2.05) is 0 Å². The minimum atomic E-state index is 0.105. The van der Waals surface area contributed by atoms with Crippen molar-refractivity contribution in [3.63, 3.8) is 0 Å². The zero-order valence-corrected chi connectivity index (χ0v) is 13.5. The molecule has 0 spiro atoms. The average Bonchev–Trinajstić information content (AvgIpc) is 2.99. The minimum Gasteiger partial charge on any atom is -0.507 e. The lowest BCUT2D eigenvalue weighted by Gasteiger charge is -2.02. The molecule has 0 saturated heterocycles. The highest BCUT2D eigenvalue weighted by atomic mass is 16.3. The third kappa shape index (κ3) is 3.87. The highest BCUT2D eigenvalue weighted by Crippen LogP contribution is 2.14. The van der Waals surface area contributed by atoms with Gasteiger partial charge in [-0.2, -0.15) is 14.9 Å². The molecule has 6 N–H and O–H groups in total. The molecular formula is C16H16N8O2. The maximum atomic E-state index is 9.66. The molecule has 0 aliphatic carbocycles. The van der Waals surface area contributed by atoms with Crippen LogP contribution in [0.1, 0.15) is 11.1 Å². The number of nitrogens with two attached hydrogens (primary N) is 1. The van der Waals surface area contributed by atoms with Crippen molar-refractivity contribution in [2.75, 3.05) is 16.7 Å². The Balaban J connectivity index is 1.63. The van der Waals surface area contributed by atoms with Gasteiger partial charge < -0.3 is 16.1 Å². The fourth-order valence-electron chi connectivity index (χ4n) is 1.96. The Bertz CT molecular complexity index is 876. The second-order valence-corrected chi connectivity index (χ2v) is 5.07. The van der Waals surface area contributed by atoms with Crippen LogP contribution in [0.3, 0.4) is 0 Å². The van der Waals surface area contributed by atoms with Crippen molar-refractivity contribution in [2.45, 2.75) is 0 Å². The van der Waals surface area contributed by atoms with Gasteiger partial charge in [-0.3, -0.25) is 0 Å². The summed E-state index contributed by atoms with van der Waals surface area (Å²) in [6.07, 6.45) is 2.85. The van der Waals surface area contributed by atoms with Crippen molar-refractivity contribution in [3.8, 4) is 11.5 Å². The summed E-state index contributed by atoms with van der Waals surface area (Å²) in [4.78, 5) is 0. The van der Waals surface area contributed by atoms with E-state index in [1.54, 1.807) is 48.5 Å². The number of para-hydroxylation sites is 2. The van der Waals surface area contributed by atoms with Gasteiger partial charge in [0.05, 0.1) is 12.4 Å². The Kier molecular flexibility index (Phi) is 4.94. The van der Waals surface area contributed by atoms with Crippen LogP contribution in [-0.2, 0) is 0 Å². The normalized spacial score (nSPS) is 11.2. The van der Waals surface area contributed by atoms with Gasteiger partial charge in [0, 0.05) is 11.1 Å². The first-order chi connectivity index (χ1) is 12.6. The van der Waals surface area contributed by atoms with Gasteiger partial charge in [0.2, 0.25) is 0 Å². The lowest BCUT2D eigenvalue weighted by atomic mass is 10.2. The molecule has 3 rings (SSSR count). The van der Waals surface area contributed by atoms with Crippen molar-refractivity contribution < 1.29 is 10.2 Å². The summed E-state index contributed by atoms with van der Waals surface area (Å²) in [7, 11) is 0. The second-order valence-electron chi connectivity index (χ2n) is 5.07. The average molecular weight is 352 g/mol. The van der Waals surface area contributed by atoms with Crippen molar-refractivity contribution in [2.24, 2.45) is 10.2 Å². The zero-order chi connectivity index (χ0) is 18.4. The Labute approximate surface area is 148 Å². The molecule has 3 aromatic rings. The lowest BCUT2D eigenvalue weighted by molar-refractivity contribution is 0.474. The molecule has 1 aromatic heterocycles. The maximum absolute atomic E-state index is 9.66. The van der Waals surface area contributed by atoms with Gasteiger partial charge in [0.25, 0.3) is 11.9 Å². The number of benzene rings is 2. The third-order valence-corrected chi connectivity index (χ3v) is 3.31. The van der Waals surface area contributed by atoms with Crippen LogP contribution in [0.2, 0.25) is 0 Å². The summed E-state index contributed by atoms with van der Waals surface area (Å²) in [5, 5.41) is 34.9.